The van der Waals surface area contributed by atoms with Gasteiger partial charge < -0.3 is 19.9 Å². The van der Waals surface area contributed by atoms with Crippen molar-refractivity contribution < 1.29 is 14.3 Å². The van der Waals surface area contributed by atoms with Crippen molar-refractivity contribution in [2.45, 2.75) is 77.7 Å². The third kappa shape index (κ3) is 6.96. The molecule has 0 saturated heterocycles. The first-order valence-electron chi connectivity index (χ1n) is 11.7. The summed E-state index contributed by atoms with van der Waals surface area (Å²) >= 11 is 1.38. The van der Waals surface area contributed by atoms with Gasteiger partial charge in [0.05, 0.1) is 12.3 Å². The van der Waals surface area contributed by atoms with E-state index in [-0.39, 0.29) is 31.0 Å². The molecule has 3 rings (SSSR count). The van der Waals surface area contributed by atoms with Crippen molar-refractivity contribution in [3.05, 3.63) is 35.2 Å². The minimum absolute atomic E-state index is 0.0305. The number of nitrogens with one attached hydrogen (secondary N) is 2. The maximum Gasteiger partial charge on any atom is 0.258 e. The lowest BCUT2D eigenvalue weighted by Crippen LogP contribution is -2.41. The fraction of sp³-hybridized carbons (Fsp3) is 0.583. The second kappa shape index (κ2) is 12.1. The van der Waals surface area contributed by atoms with Gasteiger partial charge in [0.25, 0.3) is 5.91 Å². The summed E-state index contributed by atoms with van der Waals surface area (Å²) in [6, 6.07) is 6.15. The molecule has 1 heterocycles. The van der Waals surface area contributed by atoms with Gasteiger partial charge >= 0.3 is 0 Å². The van der Waals surface area contributed by atoms with Gasteiger partial charge in [0, 0.05) is 12.6 Å². The topological polar surface area (TPSA) is 98.1 Å². The van der Waals surface area contributed by atoms with Crippen LogP contribution < -0.4 is 15.4 Å². The Morgan fingerprint density at radius 1 is 1.15 bits per heavy atom. The molecule has 0 bridgehead atoms. The number of hydrogen-bond acceptors (Lipinski definition) is 6. The van der Waals surface area contributed by atoms with E-state index in [4.69, 9.17) is 4.74 Å². The van der Waals surface area contributed by atoms with Crippen LogP contribution in [0.2, 0.25) is 0 Å². The molecule has 2 atom stereocenters. The molecule has 1 saturated carbocycles. The molecule has 1 aromatic heterocycles. The van der Waals surface area contributed by atoms with E-state index in [0.29, 0.717) is 29.2 Å². The Kier molecular flexibility index (Phi) is 9.17. The molecule has 2 aromatic rings. The predicted octanol–water partition coefficient (Wildman–Crippen LogP) is 3.40. The van der Waals surface area contributed by atoms with Crippen LogP contribution in [-0.4, -0.2) is 45.0 Å². The number of carbonyl (C=O) groups excluding carboxylic acids is 2. The van der Waals surface area contributed by atoms with E-state index in [2.05, 4.69) is 27.8 Å². The molecule has 0 radical (unpaired) electrons. The van der Waals surface area contributed by atoms with Crippen LogP contribution in [-0.2, 0) is 22.7 Å². The number of aryl methyl sites for hydroxylation is 2. The summed E-state index contributed by atoms with van der Waals surface area (Å²) in [5.74, 6) is 2.03. The number of amides is 2. The van der Waals surface area contributed by atoms with Crippen molar-refractivity contribution in [1.29, 1.82) is 0 Å². The summed E-state index contributed by atoms with van der Waals surface area (Å²) in [7, 11) is 0. The molecule has 180 valence electrons. The first-order chi connectivity index (χ1) is 15.9. The van der Waals surface area contributed by atoms with Crippen LogP contribution in [0.5, 0.6) is 5.75 Å². The van der Waals surface area contributed by atoms with E-state index >= 15 is 0 Å². The number of para-hydroxylation sites is 1. The lowest BCUT2D eigenvalue weighted by atomic mass is 9.86. The van der Waals surface area contributed by atoms with Gasteiger partial charge in [-0.3, -0.25) is 9.59 Å². The van der Waals surface area contributed by atoms with Crippen molar-refractivity contribution in [3.63, 3.8) is 0 Å². The molecular weight excluding hydrogens is 438 g/mol. The highest BCUT2D eigenvalue weighted by Crippen LogP contribution is 2.24. The number of nitrogens with zero attached hydrogens (tertiary/aromatic N) is 3. The minimum Gasteiger partial charge on any atom is -0.483 e. The van der Waals surface area contributed by atoms with E-state index in [0.717, 1.165) is 23.3 Å². The fourth-order valence-corrected chi connectivity index (χ4v) is 5.01. The number of rotatable bonds is 10. The van der Waals surface area contributed by atoms with Gasteiger partial charge in [0.15, 0.2) is 17.6 Å². The van der Waals surface area contributed by atoms with Gasteiger partial charge in [-0.2, -0.15) is 0 Å². The molecule has 1 aromatic carbocycles. The lowest BCUT2D eigenvalue weighted by molar-refractivity contribution is -0.123. The Balaban J connectivity index is 1.47. The first-order valence-corrected chi connectivity index (χ1v) is 12.7. The standard InChI is InChI=1S/C24H35N5O3S/c1-5-29-20(13-25-21(30)14-32-23-17(3)10-8-11-18(23)4)27-28-24(29)33-15-22(31)26-19-12-7-6-9-16(19)2/h8,10-11,16,19H,5-7,9,12-15H2,1-4H3,(H,25,30)(H,26,31)/t16-,19+/m1/s1. The smallest absolute Gasteiger partial charge is 0.258 e. The van der Waals surface area contributed by atoms with Crippen LogP contribution in [0.25, 0.3) is 0 Å². The van der Waals surface area contributed by atoms with E-state index < -0.39 is 0 Å². The fourth-order valence-electron chi connectivity index (χ4n) is 4.18. The summed E-state index contributed by atoms with van der Waals surface area (Å²) in [4.78, 5) is 24.7. The number of benzene rings is 1. The van der Waals surface area contributed by atoms with Crippen LogP contribution in [0.1, 0.15) is 56.5 Å². The number of hydrogen-bond donors (Lipinski definition) is 2. The number of carbonyl (C=O) groups is 2. The molecule has 2 N–H and O–H groups in total. The average molecular weight is 474 g/mol. The van der Waals surface area contributed by atoms with Crippen molar-refractivity contribution in [2.24, 2.45) is 5.92 Å². The van der Waals surface area contributed by atoms with Crippen molar-refractivity contribution in [3.8, 4) is 5.75 Å². The third-order valence-corrected chi connectivity index (χ3v) is 7.07. The Morgan fingerprint density at radius 2 is 1.88 bits per heavy atom. The number of thioether (sulfide) groups is 1. The van der Waals surface area contributed by atoms with Crippen LogP contribution in [0.15, 0.2) is 23.4 Å². The molecular formula is C24H35N5O3S. The van der Waals surface area contributed by atoms with Gasteiger partial charge in [0.2, 0.25) is 5.91 Å². The monoisotopic (exact) mass is 473 g/mol. The zero-order valence-electron chi connectivity index (χ0n) is 20.0. The molecule has 1 fully saturated rings. The second-order valence-corrected chi connectivity index (χ2v) is 9.60. The first kappa shape index (κ1) is 25.1. The Bertz CT molecular complexity index is 941. The van der Waals surface area contributed by atoms with Crippen LogP contribution in [0.4, 0.5) is 0 Å². The highest BCUT2D eigenvalue weighted by molar-refractivity contribution is 7.99. The highest BCUT2D eigenvalue weighted by atomic mass is 32.2. The molecule has 8 nitrogen and oxygen atoms in total. The highest BCUT2D eigenvalue weighted by Gasteiger charge is 2.23. The average Bonchev–Trinajstić information content (AvgIpc) is 3.19. The molecule has 1 aliphatic rings. The zero-order chi connectivity index (χ0) is 23.8. The molecule has 0 spiro atoms. The van der Waals surface area contributed by atoms with Crippen molar-refractivity contribution in [2.75, 3.05) is 12.4 Å². The van der Waals surface area contributed by atoms with Gasteiger partial charge in [0.1, 0.15) is 5.75 Å². The lowest BCUT2D eigenvalue weighted by Gasteiger charge is -2.29. The van der Waals surface area contributed by atoms with Gasteiger partial charge in [-0.1, -0.05) is 49.7 Å². The van der Waals surface area contributed by atoms with Gasteiger partial charge in [-0.15, -0.1) is 10.2 Å². The Labute approximate surface area is 200 Å². The predicted molar refractivity (Wildman–Crippen MR) is 129 cm³/mol. The van der Waals surface area contributed by atoms with E-state index in [1.165, 1.54) is 31.0 Å². The normalized spacial score (nSPS) is 18.1. The molecule has 1 aliphatic carbocycles. The minimum atomic E-state index is -0.224. The van der Waals surface area contributed by atoms with E-state index in [1.54, 1.807) is 0 Å². The Morgan fingerprint density at radius 3 is 2.58 bits per heavy atom. The summed E-state index contributed by atoms with van der Waals surface area (Å²) in [5.41, 5.74) is 1.99. The van der Waals surface area contributed by atoms with E-state index in [9.17, 15) is 9.59 Å². The summed E-state index contributed by atoms with van der Waals surface area (Å²) in [5, 5.41) is 15.1. The SMILES string of the molecule is CCn1c(CNC(=O)COc2c(C)cccc2C)nnc1SCC(=O)N[C@H]1CCCC[C@H]1C. The molecule has 9 heteroatoms. The largest absolute Gasteiger partial charge is 0.483 e. The second-order valence-electron chi connectivity index (χ2n) is 8.65. The quantitative estimate of drug-likeness (QED) is 0.513. The van der Waals surface area contributed by atoms with Crippen molar-refractivity contribution >= 4 is 23.6 Å². The van der Waals surface area contributed by atoms with Crippen LogP contribution in [0.3, 0.4) is 0 Å². The zero-order valence-corrected chi connectivity index (χ0v) is 20.8. The Hall–Kier alpha value is -2.55. The van der Waals surface area contributed by atoms with Gasteiger partial charge in [-0.05, 0) is 50.7 Å². The molecule has 2 amide bonds. The van der Waals surface area contributed by atoms with E-state index in [1.807, 2.05) is 43.5 Å². The summed E-state index contributed by atoms with van der Waals surface area (Å²) < 4.78 is 7.64. The summed E-state index contributed by atoms with van der Waals surface area (Å²) in [6.45, 7) is 8.96. The molecule has 0 unspecified atom stereocenters. The maximum atomic E-state index is 12.4. The molecule has 0 aliphatic heterocycles. The van der Waals surface area contributed by atoms with Crippen LogP contribution >= 0.6 is 11.8 Å². The third-order valence-electron chi connectivity index (χ3n) is 6.10. The maximum absolute atomic E-state index is 12.4. The van der Waals surface area contributed by atoms with Gasteiger partial charge in [-0.25, -0.2) is 0 Å². The number of aromatic nitrogens is 3. The number of ether oxygens (including phenoxy) is 1. The van der Waals surface area contributed by atoms with Crippen LogP contribution in [0, 0.1) is 19.8 Å². The summed E-state index contributed by atoms with van der Waals surface area (Å²) in [6.07, 6.45) is 4.66. The molecule has 33 heavy (non-hydrogen) atoms. The van der Waals surface area contributed by atoms with Crippen molar-refractivity contribution in [1.82, 2.24) is 25.4 Å².